The molecule has 1 aliphatic rings. The number of benzene rings is 2. The number of para-hydroxylation sites is 1. The first kappa shape index (κ1) is 18.7. The third kappa shape index (κ3) is 3.14. The van der Waals surface area contributed by atoms with E-state index in [1.165, 1.54) is 25.3 Å². The van der Waals surface area contributed by atoms with Crippen molar-refractivity contribution in [2.24, 2.45) is 0 Å². The number of aryl methyl sites for hydroxylation is 2. The van der Waals surface area contributed by atoms with Crippen molar-refractivity contribution < 1.29 is 19.4 Å². The van der Waals surface area contributed by atoms with Crippen LogP contribution in [0.2, 0.25) is 0 Å². The van der Waals surface area contributed by atoms with Gasteiger partial charge in [0.25, 0.3) is 0 Å². The molecular formula is C22H21N3O4. The third-order valence-corrected chi connectivity index (χ3v) is 5.23. The van der Waals surface area contributed by atoms with Gasteiger partial charge in [0, 0.05) is 17.5 Å². The molecule has 148 valence electrons. The van der Waals surface area contributed by atoms with Gasteiger partial charge < -0.3 is 15.2 Å². The second-order valence-corrected chi connectivity index (χ2v) is 7.10. The van der Waals surface area contributed by atoms with E-state index in [1.807, 2.05) is 38.1 Å². The lowest BCUT2D eigenvalue weighted by molar-refractivity contribution is -0.116. The molecule has 2 heterocycles. The number of Topliss-reactive ketones (excluding diaryl/α,β-unsaturated/α-hetero) is 1. The molecule has 3 aromatic rings. The van der Waals surface area contributed by atoms with Crippen molar-refractivity contribution >= 4 is 17.5 Å². The molecular weight excluding hydrogens is 370 g/mol. The van der Waals surface area contributed by atoms with Gasteiger partial charge in [-0.05, 0) is 43.7 Å². The van der Waals surface area contributed by atoms with Crippen molar-refractivity contribution in [2.75, 3.05) is 12.4 Å². The van der Waals surface area contributed by atoms with Gasteiger partial charge in [0.2, 0.25) is 5.91 Å². The number of nitrogens with zero attached hydrogens (tertiary/aromatic N) is 2. The van der Waals surface area contributed by atoms with Crippen molar-refractivity contribution in [3.05, 3.63) is 64.8 Å². The van der Waals surface area contributed by atoms with Crippen molar-refractivity contribution in [2.45, 2.75) is 26.2 Å². The summed E-state index contributed by atoms with van der Waals surface area (Å²) in [6.07, 6.45) is 0.0370. The number of anilines is 1. The molecule has 0 radical (unpaired) electrons. The monoisotopic (exact) mass is 391 g/mol. The zero-order valence-corrected chi connectivity index (χ0v) is 16.4. The number of hydrogen-bond donors (Lipinski definition) is 2. The Bertz CT molecular complexity index is 1130. The molecule has 0 saturated heterocycles. The Morgan fingerprint density at radius 1 is 1.24 bits per heavy atom. The van der Waals surface area contributed by atoms with Crippen molar-refractivity contribution in [1.82, 2.24) is 9.78 Å². The average molecular weight is 391 g/mol. The Morgan fingerprint density at radius 2 is 2.00 bits per heavy atom. The molecule has 29 heavy (non-hydrogen) atoms. The summed E-state index contributed by atoms with van der Waals surface area (Å²) in [5, 5.41) is 17.3. The smallest absolute Gasteiger partial charge is 0.226 e. The van der Waals surface area contributed by atoms with E-state index in [4.69, 9.17) is 4.74 Å². The summed E-state index contributed by atoms with van der Waals surface area (Å²) in [7, 11) is 1.42. The Kier molecular flexibility index (Phi) is 4.58. The number of fused-ring (bicyclic) bond motifs is 1. The minimum absolute atomic E-state index is 0.0370. The molecule has 1 aromatic heterocycles. The first-order valence-electron chi connectivity index (χ1n) is 9.27. The minimum Gasteiger partial charge on any atom is -0.504 e. The summed E-state index contributed by atoms with van der Waals surface area (Å²) in [6.45, 7) is 3.80. The molecule has 0 fully saturated rings. The summed E-state index contributed by atoms with van der Waals surface area (Å²) < 4.78 is 6.80. The molecule has 0 saturated carbocycles. The van der Waals surface area contributed by atoms with Crippen LogP contribution in [0.15, 0.2) is 42.5 Å². The first-order chi connectivity index (χ1) is 13.9. The van der Waals surface area contributed by atoms with Crippen LogP contribution in [0.3, 0.4) is 0 Å². The predicted octanol–water partition coefficient (Wildman–Crippen LogP) is 3.51. The van der Waals surface area contributed by atoms with E-state index < -0.39 is 5.92 Å². The molecule has 1 atom stereocenters. The third-order valence-electron chi connectivity index (χ3n) is 5.23. The van der Waals surface area contributed by atoms with Crippen molar-refractivity contribution in [3.8, 4) is 17.2 Å². The fraction of sp³-hybridized carbons (Fsp3) is 0.227. The number of hydrogen-bond acceptors (Lipinski definition) is 5. The molecule has 0 spiro atoms. The zero-order valence-electron chi connectivity index (χ0n) is 16.4. The molecule has 4 rings (SSSR count). The van der Waals surface area contributed by atoms with Crippen LogP contribution >= 0.6 is 0 Å². The standard InChI is InChI=1S/C22H21N3O4/c1-12-6-4-5-7-16(12)25-22-20(13(2)24-25)15(11-19(27)23-22)21(28)14-8-9-17(26)18(10-14)29-3/h4-10,15,26H,11H2,1-3H3,(H,23,27). The molecule has 1 unspecified atom stereocenters. The molecule has 7 heteroatoms. The largest absolute Gasteiger partial charge is 0.504 e. The topological polar surface area (TPSA) is 93.5 Å². The van der Waals surface area contributed by atoms with Crippen LogP contribution in [0.25, 0.3) is 5.69 Å². The highest BCUT2D eigenvalue weighted by molar-refractivity contribution is 6.08. The Labute approximate surface area is 167 Å². The van der Waals surface area contributed by atoms with Crippen molar-refractivity contribution in [3.63, 3.8) is 0 Å². The highest BCUT2D eigenvalue weighted by Gasteiger charge is 2.36. The highest BCUT2D eigenvalue weighted by atomic mass is 16.5. The SMILES string of the molecule is COc1cc(C(=O)C2CC(=O)Nc3c2c(C)nn3-c2ccccc2C)ccc1O. The van der Waals surface area contributed by atoms with E-state index in [9.17, 15) is 14.7 Å². The summed E-state index contributed by atoms with van der Waals surface area (Å²) in [4.78, 5) is 25.8. The van der Waals surface area contributed by atoms with E-state index in [0.717, 1.165) is 11.3 Å². The van der Waals surface area contributed by atoms with Crippen LogP contribution in [0.5, 0.6) is 11.5 Å². The number of nitrogens with one attached hydrogen (secondary N) is 1. The van der Waals surface area contributed by atoms with E-state index in [-0.39, 0.29) is 29.6 Å². The van der Waals surface area contributed by atoms with Gasteiger partial charge in [0.15, 0.2) is 17.3 Å². The van der Waals surface area contributed by atoms with Gasteiger partial charge >= 0.3 is 0 Å². The van der Waals surface area contributed by atoms with Gasteiger partial charge in [0.1, 0.15) is 5.82 Å². The number of phenols is 1. The van der Waals surface area contributed by atoms with Crippen LogP contribution in [0.4, 0.5) is 5.82 Å². The maximum absolute atomic E-state index is 13.3. The number of rotatable bonds is 4. The highest BCUT2D eigenvalue weighted by Crippen LogP contribution is 2.39. The molecule has 1 amide bonds. The number of phenolic OH excluding ortho intramolecular Hbond substituents is 1. The van der Waals surface area contributed by atoms with Gasteiger partial charge in [0.05, 0.1) is 24.4 Å². The van der Waals surface area contributed by atoms with Gasteiger partial charge in [-0.2, -0.15) is 5.10 Å². The van der Waals surface area contributed by atoms with Crippen LogP contribution in [-0.2, 0) is 4.79 Å². The summed E-state index contributed by atoms with van der Waals surface area (Å²) in [5.74, 6) is -0.426. The molecule has 2 N–H and O–H groups in total. The Morgan fingerprint density at radius 3 is 2.72 bits per heavy atom. The number of aromatic hydroxyl groups is 1. The fourth-order valence-electron chi connectivity index (χ4n) is 3.78. The van der Waals surface area contributed by atoms with Crippen LogP contribution in [0, 0.1) is 13.8 Å². The number of ether oxygens (including phenoxy) is 1. The number of ketones is 1. The van der Waals surface area contributed by atoms with Crippen LogP contribution < -0.4 is 10.1 Å². The van der Waals surface area contributed by atoms with E-state index in [1.54, 1.807) is 4.68 Å². The van der Waals surface area contributed by atoms with Gasteiger partial charge in [-0.3, -0.25) is 9.59 Å². The molecule has 2 aromatic carbocycles. The van der Waals surface area contributed by atoms with E-state index in [0.29, 0.717) is 22.6 Å². The lowest BCUT2D eigenvalue weighted by Crippen LogP contribution is -2.28. The van der Waals surface area contributed by atoms with Crippen LogP contribution in [-0.4, -0.2) is 33.7 Å². The summed E-state index contributed by atoms with van der Waals surface area (Å²) >= 11 is 0. The minimum atomic E-state index is -0.661. The van der Waals surface area contributed by atoms with E-state index >= 15 is 0 Å². The second-order valence-electron chi connectivity index (χ2n) is 7.10. The number of aromatic nitrogens is 2. The normalized spacial score (nSPS) is 15.6. The van der Waals surface area contributed by atoms with Gasteiger partial charge in [-0.15, -0.1) is 0 Å². The molecule has 0 aliphatic carbocycles. The number of carbonyl (C=O) groups excluding carboxylic acids is 2. The molecule has 7 nitrogen and oxygen atoms in total. The van der Waals surface area contributed by atoms with Gasteiger partial charge in [-0.25, -0.2) is 4.68 Å². The summed E-state index contributed by atoms with van der Waals surface area (Å²) in [6, 6.07) is 12.2. The average Bonchev–Trinajstić information content (AvgIpc) is 3.03. The number of amides is 1. The van der Waals surface area contributed by atoms with Gasteiger partial charge in [-0.1, -0.05) is 18.2 Å². The maximum atomic E-state index is 13.3. The fourth-order valence-corrected chi connectivity index (χ4v) is 3.78. The second kappa shape index (κ2) is 7.09. The summed E-state index contributed by atoms with van der Waals surface area (Å²) in [5.41, 5.74) is 3.62. The predicted molar refractivity (Wildman–Crippen MR) is 108 cm³/mol. The maximum Gasteiger partial charge on any atom is 0.226 e. The number of methoxy groups -OCH3 is 1. The first-order valence-corrected chi connectivity index (χ1v) is 9.27. The Hall–Kier alpha value is -3.61. The Balaban J connectivity index is 1.82. The van der Waals surface area contributed by atoms with Crippen molar-refractivity contribution in [1.29, 1.82) is 0 Å². The molecule has 0 bridgehead atoms. The van der Waals surface area contributed by atoms with Crippen LogP contribution in [0.1, 0.15) is 39.5 Å². The van der Waals surface area contributed by atoms with E-state index in [2.05, 4.69) is 10.4 Å². The zero-order chi connectivity index (χ0) is 20.7. The lowest BCUT2D eigenvalue weighted by Gasteiger charge is -2.23. The number of carbonyl (C=O) groups is 2. The molecule has 1 aliphatic heterocycles. The quantitative estimate of drug-likeness (QED) is 0.664. The lowest BCUT2D eigenvalue weighted by atomic mass is 9.85.